The maximum Gasteiger partial charge on any atom is 0.333 e. The van der Waals surface area contributed by atoms with E-state index in [0.717, 1.165) is 11.3 Å². The number of esters is 1. The Kier molecular flexibility index (Phi) is 4.25. The van der Waals surface area contributed by atoms with E-state index in [1.807, 2.05) is 31.2 Å². The predicted octanol–water partition coefficient (Wildman–Crippen LogP) is 3.03. The molecule has 0 amide bonds. The van der Waals surface area contributed by atoms with Crippen molar-refractivity contribution in [3.8, 4) is 5.75 Å². The van der Waals surface area contributed by atoms with E-state index < -0.39 is 12.0 Å². The highest BCUT2D eigenvalue weighted by atomic mass is 16.5. The van der Waals surface area contributed by atoms with Gasteiger partial charge in [0.25, 0.3) is 0 Å². The second kappa shape index (κ2) is 6.10. The number of anilines is 1. The maximum atomic E-state index is 11.9. The van der Waals surface area contributed by atoms with Gasteiger partial charge in [-0.3, -0.25) is 0 Å². The third-order valence-electron chi connectivity index (χ3n) is 3.05. The number of carbonyl (C=O) groups is 1. The molecule has 2 aromatic rings. The van der Waals surface area contributed by atoms with Gasteiger partial charge in [0.1, 0.15) is 5.75 Å². The first-order chi connectivity index (χ1) is 9.61. The number of phenols is 1. The Morgan fingerprint density at radius 3 is 2.40 bits per heavy atom. The molecule has 2 N–H and O–H groups in total. The molecule has 0 aliphatic rings. The average Bonchev–Trinajstić information content (AvgIpc) is 2.47. The lowest BCUT2D eigenvalue weighted by Gasteiger charge is -2.19. The van der Waals surface area contributed by atoms with Crippen LogP contribution in [0.15, 0.2) is 48.5 Å². The molecule has 20 heavy (non-hydrogen) atoms. The van der Waals surface area contributed by atoms with Crippen LogP contribution in [-0.2, 0) is 9.53 Å². The number of phenolic OH excluding ortho intramolecular Hbond substituents is 1. The molecular weight excluding hydrogens is 254 g/mol. The first-order valence-electron chi connectivity index (χ1n) is 6.30. The third-order valence-corrected chi connectivity index (χ3v) is 3.05. The van der Waals surface area contributed by atoms with Gasteiger partial charge in [-0.2, -0.15) is 0 Å². The number of ether oxygens (including phenoxy) is 1. The summed E-state index contributed by atoms with van der Waals surface area (Å²) in [5, 5.41) is 13.0. The molecule has 0 saturated carbocycles. The molecule has 104 valence electrons. The molecule has 0 bridgehead atoms. The first-order valence-corrected chi connectivity index (χ1v) is 6.30. The molecule has 0 saturated heterocycles. The monoisotopic (exact) mass is 271 g/mol. The van der Waals surface area contributed by atoms with Crippen LogP contribution < -0.4 is 5.32 Å². The van der Waals surface area contributed by atoms with Crippen molar-refractivity contribution in [1.82, 2.24) is 0 Å². The Morgan fingerprint density at radius 1 is 1.15 bits per heavy atom. The fourth-order valence-electron chi connectivity index (χ4n) is 1.93. The first kappa shape index (κ1) is 13.9. The van der Waals surface area contributed by atoms with Crippen LogP contribution in [0, 0.1) is 6.92 Å². The fourth-order valence-corrected chi connectivity index (χ4v) is 1.93. The van der Waals surface area contributed by atoms with E-state index in [1.165, 1.54) is 7.11 Å². The third kappa shape index (κ3) is 3.09. The highest BCUT2D eigenvalue weighted by Gasteiger charge is 2.23. The summed E-state index contributed by atoms with van der Waals surface area (Å²) in [6.45, 7) is 1.99. The second-order valence-corrected chi connectivity index (χ2v) is 4.53. The average molecular weight is 271 g/mol. The lowest BCUT2D eigenvalue weighted by Crippen LogP contribution is -2.22. The van der Waals surface area contributed by atoms with Gasteiger partial charge in [0.15, 0.2) is 6.04 Å². The van der Waals surface area contributed by atoms with Crippen molar-refractivity contribution >= 4 is 11.7 Å². The van der Waals surface area contributed by atoms with E-state index >= 15 is 0 Å². The van der Waals surface area contributed by atoms with E-state index in [-0.39, 0.29) is 5.75 Å². The van der Waals surface area contributed by atoms with Crippen molar-refractivity contribution in [3.63, 3.8) is 0 Å². The molecular formula is C16H17NO3. The van der Waals surface area contributed by atoms with Crippen LogP contribution in [0.2, 0.25) is 0 Å². The minimum Gasteiger partial charge on any atom is -0.508 e. The quantitative estimate of drug-likeness (QED) is 0.839. The van der Waals surface area contributed by atoms with Crippen molar-refractivity contribution < 1.29 is 14.6 Å². The van der Waals surface area contributed by atoms with Crippen molar-refractivity contribution in [2.45, 2.75) is 13.0 Å². The molecule has 0 aromatic heterocycles. The molecule has 1 atom stereocenters. The second-order valence-electron chi connectivity index (χ2n) is 4.53. The number of hydrogen-bond acceptors (Lipinski definition) is 4. The smallest absolute Gasteiger partial charge is 0.333 e. The Morgan fingerprint density at radius 2 is 1.80 bits per heavy atom. The van der Waals surface area contributed by atoms with Crippen molar-refractivity contribution in [2.24, 2.45) is 0 Å². The molecule has 2 rings (SSSR count). The summed E-state index contributed by atoms with van der Waals surface area (Å²) in [5.41, 5.74) is 2.40. The summed E-state index contributed by atoms with van der Waals surface area (Å²) in [7, 11) is 1.33. The lowest BCUT2D eigenvalue weighted by atomic mass is 10.1. The van der Waals surface area contributed by atoms with Crippen molar-refractivity contribution in [2.75, 3.05) is 12.4 Å². The zero-order valence-corrected chi connectivity index (χ0v) is 11.5. The van der Waals surface area contributed by atoms with E-state index in [1.54, 1.807) is 24.3 Å². The van der Waals surface area contributed by atoms with Gasteiger partial charge in [-0.15, -0.1) is 0 Å². The molecule has 0 aliphatic heterocycles. The molecule has 0 spiro atoms. The molecule has 0 radical (unpaired) electrons. The number of para-hydroxylation sites is 1. The molecule has 0 fully saturated rings. The number of aryl methyl sites for hydroxylation is 1. The van der Waals surface area contributed by atoms with Gasteiger partial charge in [0, 0.05) is 11.3 Å². The normalized spacial score (nSPS) is 11.7. The van der Waals surface area contributed by atoms with Gasteiger partial charge in [-0.25, -0.2) is 4.79 Å². The summed E-state index contributed by atoms with van der Waals surface area (Å²) in [6, 6.07) is 13.6. The Labute approximate surface area is 118 Å². The Hall–Kier alpha value is -2.49. The van der Waals surface area contributed by atoms with Gasteiger partial charge in [0.2, 0.25) is 0 Å². The number of rotatable bonds is 4. The predicted molar refractivity (Wildman–Crippen MR) is 77.7 cm³/mol. The summed E-state index contributed by atoms with van der Waals surface area (Å²) in [5.74, 6) is -0.394. The van der Waals surface area contributed by atoms with E-state index in [9.17, 15) is 9.90 Å². The summed E-state index contributed by atoms with van der Waals surface area (Å²) < 4.78 is 4.81. The standard InChI is InChI=1S/C16H17NO3/c1-11-7-9-12(10-8-11)17-15(16(19)20-2)13-5-3-4-6-14(13)18/h3-10,15,17-18H,1-2H3. The zero-order chi connectivity index (χ0) is 14.5. The fraction of sp³-hybridized carbons (Fsp3) is 0.188. The van der Waals surface area contributed by atoms with E-state index in [2.05, 4.69) is 5.32 Å². The maximum absolute atomic E-state index is 11.9. The summed E-state index contributed by atoms with van der Waals surface area (Å²) >= 11 is 0. The van der Waals surface area contributed by atoms with E-state index in [4.69, 9.17) is 4.74 Å². The van der Waals surface area contributed by atoms with Crippen LogP contribution in [0.3, 0.4) is 0 Å². The van der Waals surface area contributed by atoms with Gasteiger partial charge < -0.3 is 15.2 Å². The Bertz CT molecular complexity index is 593. The minimum absolute atomic E-state index is 0.0579. The number of benzene rings is 2. The molecule has 0 heterocycles. The van der Waals surface area contributed by atoms with Crippen LogP contribution in [0.5, 0.6) is 5.75 Å². The van der Waals surface area contributed by atoms with Crippen LogP contribution >= 0.6 is 0 Å². The van der Waals surface area contributed by atoms with Crippen molar-refractivity contribution in [1.29, 1.82) is 0 Å². The minimum atomic E-state index is -0.746. The largest absolute Gasteiger partial charge is 0.508 e. The molecule has 4 heteroatoms. The molecule has 1 unspecified atom stereocenters. The number of nitrogens with one attached hydrogen (secondary N) is 1. The highest BCUT2D eigenvalue weighted by Crippen LogP contribution is 2.28. The topological polar surface area (TPSA) is 58.6 Å². The summed E-state index contributed by atoms with van der Waals surface area (Å²) in [4.78, 5) is 11.9. The van der Waals surface area contributed by atoms with Gasteiger partial charge in [-0.1, -0.05) is 35.9 Å². The molecule has 0 aliphatic carbocycles. The SMILES string of the molecule is COC(=O)C(Nc1ccc(C)cc1)c1ccccc1O. The van der Waals surface area contributed by atoms with Crippen LogP contribution in [0.4, 0.5) is 5.69 Å². The Balaban J connectivity index is 2.31. The van der Waals surface area contributed by atoms with Crippen LogP contribution in [0.25, 0.3) is 0 Å². The van der Waals surface area contributed by atoms with Crippen molar-refractivity contribution in [3.05, 3.63) is 59.7 Å². The van der Waals surface area contributed by atoms with Gasteiger partial charge in [-0.05, 0) is 25.1 Å². The van der Waals surface area contributed by atoms with Gasteiger partial charge in [0.05, 0.1) is 7.11 Å². The number of aromatic hydroxyl groups is 1. The molecule has 2 aromatic carbocycles. The number of hydrogen-bond donors (Lipinski definition) is 2. The number of methoxy groups -OCH3 is 1. The summed E-state index contributed by atoms with van der Waals surface area (Å²) in [6.07, 6.45) is 0. The highest BCUT2D eigenvalue weighted by molar-refractivity contribution is 5.82. The molecule has 4 nitrogen and oxygen atoms in total. The lowest BCUT2D eigenvalue weighted by molar-refractivity contribution is -0.141. The zero-order valence-electron chi connectivity index (χ0n) is 11.5. The van der Waals surface area contributed by atoms with E-state index in [0.29, 0.717) is 5.56 Å². The van der Waals surface area contributed by atoms with Gasteiger partial charge >= 0.3 is 5.97 Å². The number of carbonyl (C=O) groups excluding carboxylic acids is 1. The van der Waals surface area contributed by atoms with Crippen LogP contribution in [-0.4, -0.2) is 18.2 Å². The van der Waals surface area contributed by atoms with Crippen LogP contribution in [0.1, 0.15) is 17.2 Å².